The fraction of sp³-hybridized carbons (Fsp3) is 0.294. The van der Waals surface area contributed by atoms with Crippen molar-refractivity contribution in [3.63, 3.8) is 0 Å². The predicted octanol–water partition coefficient (Wildman–Crippen LogP) is 2.86. The lowest BCUT2D eigenvalue weighted by molar-refractivity contribution is 0.117. The molecule has 0 heterocycles. The lowest BCUT2D eigenvalue weighted by Crippen LogP contribution is -2.26. The average Bonchev–Trinajstić information content (AvgIpc) is 2.53. The first kappa shape index (κ1) is 15.2. The van der Waals surface area contributed by atoms with Crippen LogP contribution in [0.15, 0.2) is 48.5 Å². The summed E-state index contributed by atoms with van der Waals surface area (Å²) in [4.78, 5) is 0. The summed E-state index contributed by atoms with van der Waals surface area (Å²) in [7, 11) is 1.62. The molecule has 0 unspecified atom stereocenters. The molecule has 2 N–H and O–H groups in total. The Labute approximate surface area is 125 Å². The van der Waals surface area contributed by atoms with Crippen LogP contribution in [0.25, 0.3) is 0 Å². The Balaban J connectivity index is 1.73. The molecule has 0 saturated carbocycles. The summed E-state index contributed by atoms with van der Waals surface area (Å²) in [5.41, 5.74) is 2.20. The van der Waals surface area contributed by atoms with Crippen LogP contribution in [0, 0.1) is 6.92 Å². The van der Waals surface area contributed by atoms with Crippen LogP contribution < -0.4 is 14.8 Å². The van der Waals surface area contributed by atoms with E-state index in [0.29, 0.717) is 12.3 Å². The summed E-state index contributed by atoms with van der Waals surface area (Å²) < 4.78 is 10.6. The largest absolute Gasteiger partial charge is 0.497 e. The van der Waals surface area contributed by atoms with E-state index in [1.807, 2.05) is 55.5 Å². The first-order valence-electron chi connectivity index (χ1n) is 6.93. The number of ether oxygens (including phenoxy) is 2. The molecule has 0 bridgehead atoms. The van der Waals surface area contributed by atoms with Crippen molar-refractivity contribution in [2.24, 2.45) is 0 Å². The van der Waals surface area contributed by atoms with Crippen molar-refractivity contribution in [1.82, 2.24) is 0 Å². The Hall–Kier alpha value is -2.20. The Morgan fingerprint density at radius 3 is 2.24 bits per heavy atom. The van der Waals surface area contributed by atoms with Gasteiger partial charge in [-0.2, -0.15) is 0 Å². The molecule has 0 aliphatic carbocycles. The maximum Gasteiger partial charge on any atom is 0.119 e. The Morgan fingerprint density at radius 2 is 1.62 bits per heavy atom. The third kappa shape index (κ3) is 5.00. The maximum absolute atomic E-state index is 9.91. The fourth-order valence-corrected chi connectivity index (χ4v) is 1.83. The van der Waals surface area contributed by atoms with Gasteiger partial charge in [0, 0.05) is 12.2 Å². The van der Waals surface area contributed by atoms with Crippen LogP contribution in [0.1, 0.15) is 5.56 Å². The normalized spacial score (nSPS) is 11.8. The first-order chi connectivity index (χ1) is 10.2. The third-order valence-corrected chi connectivity index (χ3v) is 3.10. The van der Waals surface area contributed by atoms with E-state index in [1.54, 1.807) is 7.11 Å². The Kier molecular flexibility index (Phi) is 5.46. The quantitative estimate of drug-likeness (QED) is 0.822. The molecule has 2 aromatic rings. The van der Waals surface area contributed by atoms with Crippen molar-refractivity contribution in [1.29, 1.82) is 0 Å². The van der Waals surface area contributed by atoms with Gasteiger partial charge in [0.05, 0.1) is 7.11 Å². The molecule has 112 valence electrons. The van der Waals surface area contributed by atoms with Crippen LogP contribution in [0.2, 0.25) is 0 Å². The molecule has 0 fully saturated rings. The second-order valence-electron chi connectivity index (χ2n) is 4.89. The van der Waals surface area contributed by atoms with Crippen LogP contribution in [-0.2, 0) is 0 Å². The summed E-state index contributed by atoms with van der Waals surface area (Å²) in [6.07, 6.45) is -0.576. The molecule has 4 heteroatoms. The molecular formula is C17H21NO3. The van der Waals surface area contributed by atoms with Gasteiger partial charge in [-0.05, 0) is 43.3 Å². The molecular weight excluding hydrogens is 266 g/mol. The number of nitrogens with one attached hydrogen (secondary N) is 1. The highest BCUT2D eigenvalue weighted by Crippen LogP contribution is 2.17. The van der Waals surface area contributed by atoms with E-state index in [4.69, 9.17) is 9.47 Å². The predicted molar refractivity (Wildman–Crippen MR) is 84.2 cm³/mol. The zero-order chi connectivity index (χ0) is 15.1. The van der Waals surface area contributed by atoms with Crippen molar-refractivity contribution in [3.05, 3.63) is 54.1 Å². The minimum atomic E-state index is -0.576. The highest BCUT2D eigenvalue weighted by Gasteiger charge is 2.05. The van der Waals surface area contributed by atoms with Crippen molar-refractivity contribution in [3.8, 4) is 11.5 Å². The van der Waals surface area contributed by atoms with Gasteiger partial charge >= 0.3 is 0 Å². The zero-order valence-corrected chi connectivity index (χ0v) is 12.4. The molecule has 2 aromatic carbocycles. The second-order valence-corrected chi connectivity index (χ2v) is 4.89. The summed E-state index contributed by atoms with van der Waals surface area (Å²) in [6.45, 7) is 2.73. The molecule has 0 aliphatic heterocycles. The average molecular weight is 287 g/mol. The number of aliphatic hydroxyl groups excluding tert-OH is 1. The van der Waals surface area contributed by atoms with Gasteiger partial charge in [-0.25, -0.2) is 0 Å². The van der Waals surface area contributed by atoms with Gasteiger partial charge in [-0.15, -0.1) is 0 Å². The molecule has 0 spiro atoms. The van der Waals surface area contributed by atoms with Crippen molar-refractivity contribution in [2.75, 3.05) is 25.6 Å². The number of hydrogen-bond donors (Lipinski definition) is 2. The number of rotatable bonds is 7. The Bertz CT molecular complexity index is 537. The number of aliphatic hydroxyl groups is 1. The number of benzene rings is 2. The SMILES string of the molecule is COc1ccc(OC[C@@H](O)CNc2ccc(C)cc2)cc1. The highest BCUT2D eigenvalue weighted by molar-refractivity contribution is 5.44. The van der Waals surface area contributed by atoms with E-state index in [-0.39, 0.29) is 6.61 Å². The van der Waals surface area contributed by atoms with Gasteiger partial charge in [0.1, 0.15) is 24.2 Å². The van der Waals surface area contributed by atoms with Crippen LogP contribution >= 0.6 is 0 Å². The highest BCUT2D eigenvalue weighted by atomic mass is 16.5. The molecule has 4 nitrogen and oxygen atoms in total. The molecule has 0 radical (unpaired) electrons. The molecule has 0 aliphatic rings. The van der Waals surface area contributed by atoms with E-state index in [1.165, 1.54) is 5.56 Å². The van der Waals surface area contributed by atoms with Crippen LogP contribution in [0.3, 0.4) is 0 Å². The zero-order valence-electron chi connectivity index (χ0n) is 12.4. The number of hydrogen-bond acceptors (Lipinski definition) is 4. The van der Waals surface area contributed by atoms with Crippen LogP contribution in [0.5, 0.6) is 11.5 Å². The topological polar surface area (TPSA) is 50.7 Å². The van der Waals surface area contributed by atoms with Gasteiger partial charge in [0.15, 0.2) is 0 Å². The molecule has 1 atom stereocenters. The van der Waals surface area contributed by atoms with E-state index in [2.05, 4.69) is 5.32 Å². The van der Waals surface area contributed by atoms with Gasteiger partial charge in [-0.1, -0.05) is 17.7 Å². The minimum absolute atomic E-state index is 0.241. The van der Waals surface area contributed by atoms with Gasteiger partial charge in [0.2, 0.25) is 0 Å². The fourth-order valence-electron chi connectivity index (χ4n) is 1.83. The summed E-state index contributed by atoms with van der Waals surface area (Å²) in [5, 5.41) is 13.1. The number of aryl methyl sites for hydroxylation is 1. The number of methoxy groups -OCH3 is 1. The van der Waals surface area contributed by atoms with E-state index >= 15 is 0 Å². The van der Waals surface area contributed by atoms with Crippen LogP contribution in [0.4, 0.5) is 5.69 Å². The molecule has 2 rings (SSSR count). The van der Waals surface area contributed by atoms with Crippen molar-refractivity contribution < 1.29 is 14.6 Å². The minimum Gasteiger partial charge on any atom is -0.497 e. The van der Waals surface area contributed by atoms with Gasteiger partial charge in [0.25, 0.3) is 0 Å². The van der Waals surface area contributed by atoms with Crippen LogP contribution in [-0.4, -0.2) is 31.5 Å². The standard InChI is InChI=1S/C17H21NO3/c1-13-3-5-14(6-4-13)18-11-15(19)12-21-17-9-7-16(20-2)8-10-17/h3-10,15,18-19H,11-12H2,1-2H3/t15-/m0/s1. The van der Waals surface area contributed by atoms with E-state index in [0.717, 1.165) is 11.4 Å². The van der Waals surface area contributed by atoms with E-state index in [9.17, 15) is 5.11 Å². The molecule has 0 saturated heterocycles. The van der Waals surface area contributed by atoms with Crippen molar-refractivity contribution in [2.45, 2.75) is 13.0 Å². The third-order valence-electron chi connectivity index (χ3n) is 3.10. The Morgan fingerprint density at radius 1 is 1.00 bits per heavy atom. The maximum atomic E-state index is 9.91. The second kappa shape index (κ2) is 7.55. The molecule has 0 amide bonds. The smallest absolute Gasteiger partial charge is 0.119 e. The monoisotopic (exact) mass is 287 g/mol. The number of anilines is 1. The lowest BCUT2D eigenvalue weighted by atomic mass is 10.2. The van der Waals surface area contributed by atoms with Gasteiger partial charge < -0.3 is 19.9 Å². The summed E-state index contributed by atoms with van der Waals surface area (Å²) in [5.74, 6) is 1.49. The van der Waals surface area contributed by atoms with Crippen molar-refractivity contribution >= 4 is 5.69 Å². The lowest BCUT2D eigenvalue weighted by Gasteiger charge is -2.14. The molecule has 0 aromatic heterocycles. The summed E-state index contributed by atoms with van der Waals surface area (Å²) >= 11 is 0. The first-order valence-corrected chi connectivity index (χ1v) is 6.93. The van der Waals surface area contributed by atoms with E-state index < -0.39 is 6.10 Å². The van der Waals surface area contributed by atoms with Gasteiger partial charge in [-0.3, -0.25) is 0 Å². The summed E-state index contributed by atoms with van der Waals surface area (Å²) in [6, 6.07) is 15.3. The molecule has 21 heavy (non-hydrogen) atoms.